The lowest BCUT2D eigenvalue weighted by atomic mass is 10.3. The molecule has 1 amide bonds. The van der Waals surface area contributed by atoms with Crippen LogP contribution >= 0.6 is 11.3 Å². The maximum atomic E-state index is 12.4. The Labute approximate surface area is 163 Å². The van der Waals surface area contributed by atoms with Crippen LogP contribution in [0.3, 0.4) is 0 Å². The van der Waals surface area contributed by atoms with Gasteiger partial charge in [0.1, 0.15) is 0 Å². The van der Waals surface area contributed by atoms with E-state index in [1.54, 1.807) is 23.9 Å². The van der Waals surface area contributed by atoms with E-state index in [9.17, 15) is 18.0 Å². The molecule has 0 atom stereocenters. The quantitative estimate of drug-likeness (QED) is 0.642. The summed E-state index contributed by atoms with van der Waals surface area (Å²) in [5.74, 6) is -1.07. The number of ether oxygens (including phenoxy) is 1. The Balaban J connectivity index is 1.91. The molecule has 0 aliphatic heterocycles. The average molecular weight is 411 g/mol. The molecule has 1 aromatic carbocycles. The van der Waals surface area contributed by atoms with Gasteiger partial charge in [-0.2, -0.15) is 11.3 Å². The Kier molecular flexibility index (Phi) is 7.52. The molecule has 0 aliphatic carbocycles. The van der Waals surface area contributed by atoms with Crippen LogP contribution in [-0.2, 0) is 19.6 Å². The number of esters is 1. The summed E-state index contributed by atoms with van der Waals surface area (Å²) in [4.78, 5) is 23.7. The Morgan fingerprint density at radius 2 is 1.89 bits per heavy atom. The lowest BCUT2D eigenvalue weighted by molar-refractivity contribution is -0.119. The lowest BCUT2D eigenvalue weighted by Crippen LogP contribution is -2.28. The van der Waals surface area contributed by atoms with E-state index in [-0.39, 0.29) is 4.90 Å². The zero-order valence-electron chi connectivity index (χ0n) is 15.2. The zero-order chi connectivity index (χ0) is 19.9. The fraction of sp³-hybridized carbons (Fsp3) is 0.333. The minimum atomic E-state index is -3.55. The maximum Gasteiger partial charge on any atom is 0.339 e. The Morgan fingerprint density at radius 3 is 2.48 bits per heavy atom. The highest BCUT2D eigenvalue weighted by Crippen LogP contribution is 2.18. The number of benzene rings is 1. The molecule has 27 heavy (non-hydrogen) atoms. The minimum Gasteiger partial charge on any atom is -0.452 e. The van der Waals surface area contributed by atoms with E-state index in [1.807, 2.05) is 6.92 Å². The molecule has 0 spiro atoms. The molecule has 9 heteroatoms. The van der Waals surface area contributed by atoms with Gasteiger partial charge >= 0.3 is 5.97 Å². The van der Waals surface area contributed by atoms with Crippen molar-refractivity contribution in [2.45, 2.75) is 24.7 Å². The molecular weight excluding hydrogens is 388 g/mol. The second-order valence-corrected chi connectivity index (χ2v) is 8.67. The van der Waals surface area contributed by atoms with E-state index >= 15 is 0 Å². The molecule has 1 heterocycles. The first-order chi connectivity index (χ1) is 12.8. The van der Waals surface area contributed by atoms with E-state index in [0.717, 1.165) is 12.8 Å². The summed E-state index contributed by atoms with van der Waals surface area (Å²) >= 11 is 1.36. The third-order valence-electron chi connectivity index (χ3n) is 3.76. The number of hydrogen-bond acceptors (Lipinski definition) is 6. The predicted molar refractivity (Wildman–Crippen MR) is 104 cm³/mol. The highest BCUT2D eigenvalue weighted by atomic mass is 32.2. The standard InChI is InChI=1S/C18H22N2O5S2/c1-3-4-10-20(2)27(23,24)16-7-5-15(6-8-16)19-17(21)12-25-18(22)14-9-11-26-13-14/h5-9,11,13H,3-4,10,12H2,1-2H3,(H,19,21). The maximum absolute atomic E-state index is 12.4. The smallest absolute Gasteiger partial charge is 0.339 e. The van der Waals surface area contributed by atoms with E-state index in [1.165, 1.54) is 39.9 Å². The number of nitrogens with one attached hydrogen (secondary N) is 1. The molecule has 1 aromatic heterocycles. The topological polar surface area (TPSA) is 92.8 Å². The molecule has 2 aromatic rings. The number of rotatable bonds is 9. The summed E-state index contributed by atoms with van der Waals surface area (Å²) in [7, 11) is -2.01. The van der Waals surface area contributed by atoms with E-state index < -0.39 is 28.5 Å². The van der Waals surface area contributed by atoms with E-state index in [4.69, 9.17) is 4.74 Å². The van der Waals surface area contributed by atoms with Crippen LogP contribution in [0.5, 0.6) is 0 Å². The number of amides is 1. The van der Waals surface area contributed by atoms with Crippen molar-refractivity contribution >= 4 is 38.9 Å². The van der Waals surface area contributed by atoms with Crippen molar-refractivity contribution in [3.63, 3.8) is 0 Å². The highest BCUT2D eigenvalue weighted by molar-refractivity contribution is 7.89. The van der Waals surface area contributed by atoms with Gasteiger partial charge in [0.25, 0.3) is 5.91 Å². The second-order valence-electron chi connectivity index (χ2n) is 5.84. The number of thiophene rings is 1. The molecule has 0 saturated heterocycles. The fourth-order valence-electron chi connectivity index (χ4n) is 2.18. The molecule has 2 rings (SSSR count). The summed E-state index contributed by atoms with van der Waals surface area (Å²) < 4.78 is 31.1. The van der Waals surface area contributed by atoms with Crippen LogP contribution in [0.1, 0.15) is 30.1 Å². The van der Waals surface area contributed by atoms with Crippen molar-refractivity contribution in [1.29, 1.82) is 0 Å². The number of carbonyl (C=O) groups excluding carboxylic acids is 2. The SMILES string of the molecule is CCCCN(C)S(=O)(=O)c1ccc(NC(=O)COC(=O)c2ccsc2)cc1. The fourth-order valence-corrected chi connectivity index (χ4v) is 4.02. The second kappa shape index (κ2) is 9.63. The molecule has 0 radical (unpaired) electrons. The lowest BCUT2D eigenvalue weighted by Gasteiger charge is -2.17. The van der Waals surface area contributed by atoms with Gasteiger partial charge in [-0.25, -0.2) is 17.5 Å². The van der Waals surface area contributed by atoms with Gasteiger partial charge in [-0.05, 0) is 42.1 Å². The molecule has 0 unspecified atom stereocenters. The first-order valence-corrected chi connectivity index (χ1v) is 10.8. The van der Waals surface area contributed by atoms with Gasteiger partial charge in [-0.1, -0.05) is 13.3 Å². The first-order valence-electron chi connectivity index (χ1n) is 8.40. The Hall–Kier alpha value is -2.23. The number of nitrogens with zero attached hydrogens (tertiary/aromatic N) is 1. The van der Waals surface area contributed by atoms with Crippen LogP contribution in [0.25, 0.3) is 0 Å². The largest absolute Gasteiger partial charge is 0.452 e. The van der Waals surface area contributed by atoms with Crippen LogP contribution in [0, 0.1) is 0 Å². The van der Waals surface area contributed by atoms with Gasteiger partial charge in [0.05, 0.1) is 10.5 Å². The normalized spacial score (nSPS) is 11.4. The van der Waals surface area contributed by atoms with E-state index in [0.29, 0.717) is 17.8 Å². The van der Waals surface area contributed by atoms with Crippen molar-refractivity contribution < 1.29 is 22.7 Å². The monoisotopic (exact) mass is 410 g/mol. The van der Waals surface area contributed by atoms with Gasteiger partial charge in [-0.3, -0.25) is 4.79 Å². The van der Waals surface area contributed by atoms with Crippen molar-refractivity contribution in [3.05, 3.63) is 46.7 Å². The summed E-state index contributed by atoms with van der Waals surface area (Å²) in [6.45, 7) is 2.02. The Bertz CT molecular complexity index is 862. The van der Waals surface area contributed by atoms with Gasteiger partial charge in [0.15, 0.2) is 6.61 Å². The van der Waals surface area contributed by atoms with E-state index in [2.05, 4.69) is 5.32 Å². The van der Waals surface area contributed by atoms with Gasteiger partial charge in [0.2, 0.25) is 10.0 Å². The average Bonchev–Trinajstić information content (AvgIpc) is 3.19. The van der Waals surface area contributed by atoms with Gasteiger partial charge in [0, 0.05) is 24.7 Å². The van der Waals surface area contributed by atoms with Crippen LogP contribution in [0.2, 0.25) is 0 Å². The summed E-state index contributed by atoms with van der Waals surface area (Å²) in [5.41, 5.74) is 0.816. The minimum absolute atomic E-state index is 0.156. The number of unbranched alkanes of at least 4 members (excludes halogenated alkanes) is 1. The number of sulfonamides is 1. The van der Waals surface area contributed by atoms with Crippen molar-refractivity contribution in [3.8, 4) is 0 Å². The van der Waals surface area contributed by atoms with Crippen molar-refractivity contribution in [1.82, 2.24) is 4.31 Å². The highest BCUT2D eigenvalue weighted by Gasteiger charge is 2.20. The molecule has 0 bridgehead atoms. The molecule has 146 valence electrons. The first kappa shape index (κ1) is 21.1. The Morgan fingerprint density at radius 1 is 1.19 bits per heavy atom. The van der Waals surface area contributed by atoms with Crippen molar-refractivity contribution in [2.24, 2.45) is 0 Å². The molecule has 0 saturated carbocycles. The van der Waals surface area contributed by atoms with Gasteiger partial charge in [-0.15, -0.1) is 0 Å². The van der Waals surface area contributed by atoms with Crippen LogP contribution in [0.15, 0.2) is 46.0 Å². The third kappa shape index (κ3) is 5.88. The van der Waals surface area contributed by atoms with Crippen LogP contribution in [0.4, 0.5) is 5.69 Å². The number of anilines is 1. The number of carbonyl (C=O) groups is 2. The molecule has 0 fully saturated rings. The number of hydrogen-bond donors (Lipinski definition) is 1. The summed E-state index contributed by atoms with van der Waals surface area (Å²) in [6.07, 6.45) is 1.69. The molecule has 1 N–H and O–H groups in total. The van der Waals surface area contributed by atoms with Crippen LogP contribution < -0.4 is 5.32 Å². The van der Waals surface area contributed by atoms with Crippen molar-refractivity contribution in [2.75, 3.05) is 25.5 Å². The summed E-state index contributed by atoms with van der Waals surface area (Å²) in [5, 5.41) is 5.94. The molecular formula is C18H22N2O5S2. The van der Waals surface area contributed by atoms with Gasteiger partial charge < -0.3 is 10.1 Å². The third-order valence-corrected chi connectivity index (χ3v) is 6.32. The predicted octanol–water partition coefficient (Wildman–Crippen LogP) is 2.96. The zero-order valence-corrected chi connectivity index (χ0v) is 16.8. The van der Waals surface area contributed by atoms with Crippen LogP contribution in [-0.4, -0.2) is 44.8 Å². The molecule has 0 aliphatic rings. The summed E-state index contributed by atoms with van der Waals surface area (Å²) in [6, 6.07) is 7.48. The molecule has 7 nitrogen and oxygen atoms in total.